The molecular formula is C21H19BrN2O4S. The molecule has 8 heteroatoms. The summed E-state index contributed by atoms with van der Waals surface area (Å²) in [6.07, 6.45) is 0. The van der Waals surface area contributed by atoms with E-state index in [0.717, 1.165) is 10.8 Å². The van der Waals surface area contributed by atoms with Gasteiger partial charge in [-0.2, -0.15) is 4.31 Å². The van der Waals surface area contributed by atoms with Crippen LogP contribution in [0.2, 0.25) is 0 Å². The van der Waals surface area contributed by atoms with Crippen LogP contribution in [0.4, 0.5) is 5.69 Å². The van der Waals surface area contributed by atoms with Crippen LogP contribution in [-0.2, 0) is 14.8 Å². The molecule has 1 fully saturated rings. The fraction of sp³-hybridized carbons (Fsp3) is 0.190. The Morgan fingerprint density at radius 3 is 2.52 bits per heavy atom. The molecular weight excluding hydrogens is 456 g/mol. The summed E-state index contributed by atoms with van der Waals surface area (Å²) >= 11 is 3.37. The molecule has 1 aliphatic rings. The SMILES string of the molecule is O=C(Nc1cccc2ccccc12)c1cc(S(=O)(=O)N2CCOCC2)ccc1Br. The lowest BCUT2D eigenvalue weighted by Gasteiger charge is -2.26. The molecule has 0 aliphatic carbocycles. The Morgan fingerprint density at radius 2 is 1.72 bits per heavy atom. The molecule has 0 bridgehead atoms. The number of ether oxygens (including phenoxy) is 1. The van der Waals surface area contributed by atoms with Gasteiger partial charge in [-0.3, -0.25) is 4.79 Å². The number of fused-ring (bicyclic) bond motifs is 1. The van der Waals surface area contributed by atoms with Gasteiger partial charge in [0.15, 0.2) is 0 Å². The molecule has 3 aromatic carbocycles. The van der Waals surface area contributed by atoms with Crippen molar-refractivity contribution in [2.24, 2.45) is 0 Å². The van der Waals surface area contributed by atoms with E-state index in [9.17, 15) is 13.2 Å². The fourth-order valence-electron chi connectivity index (χ4n) is 3.30. The molecule has 4 rings (SSSR count). The predicted molar refractivity (Wildman–Crippen MR) is 116 cm³/mol. The maximum atomic E-state index is 13.0. The Kier molecular flexibility index (Phi) is 5.69. The number of sulfonamides is 1. The first-order valence-electron chi connectivity index (χ1n) is 9.13. The summed E-state index contributed by atoms with van der Waals surface area (Å²) in [5, 5.41) is 4.82. The lowest BCUT2D eigenvalue weighted by atomic mass is 10.1. The minimum atomic E-state index is -3.69. The van der Waals surface area contributed by atoms with Gasteiger partial charge in [-0.05, 0) is 45.6 Å². The molecule has 0 saturated carbocycles. The smallest absolute Gasteiger partial charge is 0.256 e. The lowest BCUT2D eigenvalue weighted by Crippen LogP contribution is -2.40. The Balaban J connectivity index is 1.66. The number of nitrogens with zero attached hydrogens (tertiary/aromatic N) is 1. The second-order valence-corrected chi connectivity index (χ2v) is 9.43. The number of nitrogens with one attached hydrogen (secondary N) is 1. The van der Waals surface area contributed by atoms with Crippen LogP contribution in [0.5, 0.6) is 0 Å². The Hall–Kier alpha value is -2.26. The van der Waals surface area contributed by atoms with Gasteiger partial charge in [-0.1, -0.05) is 36.4 Å². The third-order valence-corrected chi connectivity index (χ3v) is 7.41. The van der Waals surface area contributed by atoms with Crippen molar-refractivity contribution < 1.29 is 17.9 Å². The highest BCUT2D eigenvalue weighted by molar-refractivity contribution is 9.10. The van der Waals surface area contributed by atoms with Crippen molar-refractivity contribution in [3.05, 3.63) is 70.7 Å². The van der Waals surface area contributed by atoms with Gasteiger partial charge in [0.1, 0.15) is 0 Å². The molecule has 1 N–H and O–H groups in total. The van der Waals surface area contributed by atoms with Gasteiger partial charge in [-0.15, -0.1) is 0 Å². The maximum absolute atomic E-state index is 13.0. The van der Waals surface area contributed by atoms with E-state index in [4.69, 9.17) is 4.74 Å². The van der Waals surface area contributed by atoms with E-state index in [0.29, 0.717) is 36.5 Å². The molecule has 0 aromatic heterocycles. The Morgan fingerprint density at radius 1 is 1.00 bits per heavy atom. The van der Waals surface area contributed by atoms with E-state index in [1.165, 1.54) is 16.4 Å². The van der Waals surface area contributed by atoms with E-state index in [1.807, 2.05) is 42.5 Å². The quantitative estimate of drug-likeness (QED) is 0.622. The topological polar surface area (TPSA) is 75.7 Å². The number of hydrogen-bond acceptors (Lipinski definition) is 4. The summed E-state index contributed by atoms with van der Waals surface area (Å²) in [4.78, 5) is 13.1. The number of rotatable bonds is 4. The standard InChI is InChI=1S/C21H19BrN2O4S/c22-19-9-8-16(29(26,27)24-10-12-28-13-11-24)14-18(19)21(25)23-20-7-3-5-15-4-1-2-6-17(15)20/h1-9,14H,10-13H2,(H,23,25). The molecule has 0 spiro atoms. The van der Waals surface area contributed by atoms with Crippen molar-refractivity contribution >= 4 is 48.3 Å². The fourth-order valence-corrected chi connectivity index (χ4v) is 5.16. The van der Waals surface area contributed by atoms with E-state index >= 15 is 0 Å². The molecule has 6 nitrogen and oxygen atoms in total. The van der Waals surface area contributed by atoms with Crippen LogP contribution in [-0.4, -0.2) is 44.9 Å². The summed E-state index contributed by atoms with van der Waals surface area (Å²) < 4.78 is 33.0. The highest BCUT2D eigenvalue weighted by Gasteiger charge is 2.27. The number of carbonyl (C=O) groups excluding carboxylic acids is 1. The van der Waals surface area contributed by atoms with Crippen LogP contribution in [0.3, 0.4) is 0 Å². The first-order valence-corrected chi connectivity index (χ1v) is 11.4. The molecule has 1 heterocycles. The van der Waals surface area contributed by atoms with Crippen LogP contribution < -0.4 is 5.32 Å². The van der Waals surface area contributed by atoms with Gasteiger partial charge in [0, 0.05) is 28.6 Å². The molecule has 0 atom stereocenters. The van der Waals surface area contributed by atoms with Gasteiger partial charge >= 0.3 is 0 Å². The number of halogens is 1. The lowest BCUT2D eigenvalue weighted by molar-refractivity contribution is 0.0730. The largest absolute Gasteiger partial charge is 0.379 e. The molecule has 150 valence electrons. The van der Waals surface area contributed by atoms with Crippen LogP contribution in [0, 0.1) is 0 Å². The van der Waals surface area contributed by atoms with Crippen molar-refractivity contribution in [3.8, 4) is 0 Å². The highest BCUT2D eigenvalue weighted by atomic mass is 79.9. The van der Waals surface area contributed by atoms with Crippen molar-refractivity contribution in [2.45, 2.75) is 4.90 Å². The third kappa shape index (κ3) is 4.06. The summed E-state index contributed by atoms with van der Waals surface area (Å²) in [5.41, 5.74) is 0.925. The first kappa shape index (κ1) is 20.0. The molecule has 0 radical (unpaired) electrons. The number of benzene rings is 3. The third-order valence-electron chi connectivity index (χ3n) is 4.83. The van der Waals surface area contributed by atoms with Crippen molar-refractivity contribution in [2.75, 3.05) is 31.6 Å². The zero-order chi connectivity index (χ0) is 20.4. The summed E-state index contributed by atoms with van der Waals surface area (Å²) in [6, 6.07) is 17.9. The second kappa shape index (κ2) is 8.23. The van der Waals surface area contributed by atoms with Crippen LogP contribution in [0.15, 0.2) is 70.0 Å². The number of morpholine rings is 1. The van der Waals surface area contributed by atoms with E-state index < -0.39 is 10.0 Å². The van der Waals surface area contributed by atoms with Crippen molar-refractivity contribution in [1.29, 1.82) is 0 Å². The Bertz CT molecular complexity index is 1170. The number of amides is 1. The normalized spacial score (nSPS) is 15.3. The maximum Gasteiger partial charge on any atom is 0.256 e. The molecule has 1 saturated heterocycles. The Labute approximate surface area is 177 Å². The summed E-state index contributed by atoms with van der Waals surface area (Å²) in [7, 11) is -3.69. The molecule has 1 amide bonds. The predicted octanol–water partition coefficient (Wildman–Crippen LogP) is 3.88. The average Bonchev–Trinajstić information content (AvgIpc) is 2.75. The zero-order valence-electron chi connectivity index (χ0n) is 15.5. The molecule has 3 aromatic rings. The van der Waals surface area contributed by atoms with Crippen LogP contribution >= 0.6 is 15.9 Å². The monoisotopic (exact) mass is 474 g/mol. The summed E-state index contributed by atoms with van der Waals surface area (Å²) in [5.74, 6) is -0.382. The van der Waals surface area contributed by atoms with Gasteiger partial charge < -0.3 is 10.1 Å². The number of carbonyl (C=O) groups is 1. The molecule has 0 unspecified atom stereocenters. The van der Waals surface area contributed by atoms with Gasteiger partial charge in [0.05, 0.1) is 23.7 Å². The molecule has 29 heavy (non-hydrogen) atoms. The van der Waals surface area contributed by atoms with Crippen LogP contribution in [0.25, 0.3) is 10.8 Å². The minimum Gasteiger partial charge on any atom is -0.379 e. The van der Waals surface area contributed by atoms with Gasteiger partial charge in [0.2, 0.25) is 10.0 Å². The van der Waals surface area contributed by atoms with E-state index in [-0.39, 0.29) is 16.4 Å². The minimum absolute atomic E-state index is 0.0886. The van der Waals surface area contributed by atoms with E-state index in [2.05, 4.69) is 21.2 Å². The van der Waals surface area contributed by atoms with Gasteiger partial charge in [-0.25, -0.2) is 8.42 Å². The van der Waals surface area contributed by atoms with Crippen molar-refractivity contribution in [3.63, 3.8) is 0 Å². The summed E-state index contributed by atoms with van der Waals surface area (Å²) in [6.45, 7) is 1.33. The average molecular weight is 475 g/mol. The molecule has 1 aliphatic heterocycles. The van der Waals surface area contributed by atoms with E-state index in [1.54, 1.807) is 6.07 Å². The number of hydrogen-bond donors (Lipinski definition) is 1. The van der Waals surface area contributed by atoms with Crippen molar-refractivity contribution in [1.82, 2.24) is 4.31 Å². The van der Waals surface area contributed by atoms with Gasteiger partial charge in [0.25, 0.3) is 5.91 Å². The van der Waals surface area contributed by atoms with Crippen LogP contribution in [0.1, 0.15) is 10.4 Å². The first-order chi connectivity index (χ1) is 14.0. The second-order valence-electron chi connectivity index (χ2n) is 6.64. The highest BCUT2D eigenvalue weighted by Crippen LogP contribution is 2.27. The zero-order valence-corrected chi connectivity index (χ0v) is 17.9. The number of anilines is 1.